The van der Waals surface area contributed by atoms with Crippen molar-refractivity contribution in [3.8, 4) is 27.9 Å². The van der Waals surface area contributed by atoms with E-state index < -0.39 is 0 Å². The van der Waals surface area contributed by atoms with Crippen molar-refractivity contribution < 1.29 is 4.42 Å². The van der Waals surface area contributed by atoms with Gasteiger partial charge in [0.15, 0.2) is 0 Å². The molecule has 0 fully saturated rings. The number of fused-ring (bicyclic) bond motifs is 7. The molecule has 0 unspecified atom stereocenters. The van der Waals surface area contributed by atoms with Gasteiger partial charge in [-0.3, -0.25) is 0 Å². The number of benzene rings is 10. The molecular formula is C50H29NO. The minimum atomic E-state index is 0.937. The molecule has 2 heterocycles. The smallest absolute Gasteiger partial charge is 0.136 e. The van der Waals surface area contributed by atoms with E-state index in [0.29, 0.717) is 0 Å². The van der Waals surface area contributed by atoms with Crippen LogP contribution in [0.25, 0.3) is 115 Å². The Bertz CT molecular complexity index is 3340. The van der Waals surface area contributed by atoms with Gasteiger partial charge in [0.1, 0.15) is 11.2 Å². The fourth-order valence-corrected chi connectivity index (χ4v) is 9.20. The molecule has 0 radical (unpaired) electrons. The molecule has 2 heteroatoms. The highest BCUT2D eigenvalue weighted by Crippen LogP contribution is 2.48. The van der Waals surface area contributed by atoms with E-state index in [1.165, 1.54) is 97.9 Å². The number of aromatic nitrogens is 1. The van der Waals surface area contributed by atoms with E-state index in [0.717, 1.165) is 16.9 Å². The number of para-hydroxylation sites is 1. The molecular weight excluding hydrogens is 631 g/mol. The largest absolute Gasteiger partial charge is 0.456 e. The molecule has 0 aliphatic carbocycles. The summed E-state index contributed by atoms with van der Waals surface area (Å²) in [6, 6.07) is 64.3. The van der Waals surface area contributed by atoms with E-state index in [2.05, 4.69) is 180 Å². The number of nitrogens with zero attached hydrogens (tertiary/aromatic N) is 1. The van der Waals surface area contributed by atoms with Gasteiger partial charge in [0, 0.05) is 27.2 Å². The third-order valence-electron chi connectivity index (χ3n) is 11.3. The maximum atomic E-state index is 6.36. The van der Waals surface area contributed by atoms with Crippen molar-refractivity contribution >= 4 is 86.8 Å². The summed E-state index contributed by atoms with van der Waals surface area (Å²) in [5.41, 5.74) is 10.4. The third-order valence-corrected chi connectivity index (χ3v) is 11.3. The van der Waals surface area contributed by atoms with Crippen molar-refractivity contribution in [3.63, 3.8) is 0 Å². The van der Waals surface area contributed by atoms with Gasteiger partial charge in [0.2, 0.25) is 0 Å². The fourth-order valence-electron chi connectivity index (χ4n) is 9.20. The molecule has 2 aromatic heterocycles. The van der Waals surface area contributed by atoms with Crippen LogP contribution >= 0.6 is 0 Å². The summed E-state index contributed by atoms with van der Waals surface area (Å²) in [6.45, 7) is 0. The molecule has 10 aromatic carbocycles. The summed E-state index contributed by atoms with van der Waals surface area (Å²) < 4.78 is 8.78. The Morgan fingerprint density at radius 1 is 0.346 bits per heavy atom. The summed E-state index contributed by atoms with van der Waals surface area (Å²) in [7, 11) is 0. The Hall–Kier alpha value is -6.90. The van der Waals surface area contributed by atoms with Crippen molar-refractivity contribution in [3.05, 3.63) is 176 Å². The highest BCUT2D eigenvalue weighted by atomic mass is 16.3. The third kappa shape index (κ3) is 3.68. The lowest BCUT2D eigenvalue weighted by Crippen LogP contribution is -1.95. The lowest BCUT2D eigenvalue weighted by atomic mass is 9.84. The van der Waals surface area contributed by atoms with Gasteiger partial charge in [-0.15, -0.1) is 0 Å². The van der Waals surface area contributed by atoms with Gasteiger partial charge in [-0.25, -0.2) is 0 Å². The Labute approximate surface area is 298 Å². The first-order chi connectivity index (χ1) is 25.8. The second kappa shape index (κ2) is 10.3. The molecule has 0 spiro atoms. The molecule has 240 valence electrons. The van der Waals surface area contributed by atoms with E-state index in [9.17, 15) is 0 Å². The van der Waals surface area contributed by atoms with Crippen LogP contribution in [0, 0.1) is 0 Å². The van der Waals surface area contributed by atoms with Crippen molar-refractivity contribution in [2.24, 2.45) is 0 Å². The molecule has 0 bridgehead atoms. The molecule has 0 saturated heterocycles. The molecule has 0 N–H and O–H groups in total. The van der Waals surface area contributed by atoms with Crippen molar-refractivity contribution in [1.29, 1.82) is 0 Å². The molecule has 0 saturated carbocycles. The Morgan fingerprint density at radius 2 is 0.923 bits per heavy atom. The fraction of sp³-hybridized carbons (Fsp3) is 0. The van der Waals surface area contributed by atoms with Crippen LogP contribution in [0.15, 0.2) is 180 Å². The van der Waals surface area contributed by atoms with Gasteiger partial charge in [0.05, 0.1) is 11.0 Å². The van der Waals surface area contributed by atoms with E-state index >= 15 is 0 Å². The van der Waals surface area contributed by atoms with Gasteiger partial charge >= 0.3 is 0 Å². The summed E-state index contributed by atoms with van der Waals surface area (Å²) in [4.78, 5) is 0. The zero-order valence-corrected chi connectivity index (χ0v) is 28.1. The number of hydrogen-bond donors (Lipinski definition) is 0. The zero-order valence-electron chi connectivity index (χ0n) is 28.1. The molecule has 2 nitrogen and oxygen atoms in total. The van der Waals surface area contributed by atoms with E-state index in [-0.39, 0.29) is 0 Å². The number of hydrogen-bond acceptors (Lipinski definition) is 1. The van der Waals surface area contributed by atoms with Crippen LogP contribution < -0.4 is 0 Å². The van der Waals surface area contributed by atoms with Crippen LogP contribution in [0.3, 0.4) is 0 Å². The summed E-state index contributed by atoms with van der Waals surface area (Å²) >= 11 is 0. The van der Waals surface area contributed by atoms with Gasteiger partial charge < -0.3 is 8.98 Å². The summed E-state index contributed by atoms with van der Waals surface area (Å²) in [5.74, 6) is 0. The first-order valence-electron chi connectivity index (χ1n) is 17.9. The van der Waals surface area contributed by atoms with Crippen LogP contribution in [-0.4, -0.2) is 4.57 Å². The second-order valence-corrected chi connectivity index (χ2v) is 14.0. The summed E-state index contributed by atoms with van der Waals surface area (Å²) in [6.07, 6.45) is 0. The van der Waals surface area contributed by atoms with Crippen LogP contribution in [0.1, 0.15) is 0 Å². The molecule has 0 aliphatic heterocycles. The Kier molecular flexibility index (Phi) is 5.53. The van der Waals surface area contributed by atoms with Crippen molar-refractivity contribution in [2.75, 3.05) is 0 Å². The standard InChI is InChI=1S/C50H29NO/c1-2-13-34-30(11-1)25-28-43-49(34)40-18-7-8-20-42(40)51(43)33-26-23-31(24-27-33)46-35-14-3-5-16-37(35)48(38-17-6-4-15-36(38)46)41-29-32-12-9-21-44-47(32)50-39(41)19-10-22-45(50)52-44/h1-29H. The van der Waals surface area contributed by atoms with Crippen LogP contribution in [0.4, 0.5) is 0 Å². The van der Waals surface area contributed by atoms with E-state index in [4.69, 9.17) is 4.42 Å². The molecule has 12 rings (SSSR count). The van der Waals surface area contributed by atoms with Gasteiger partial charge in [0.25, 0.3) is 0 Å². The lowest BCUT2D eigenvalue weighted by molar-refractivity contribution is 0.669. The topological polar surface area (TPSA) is 18.1 Å². The summed E-state index contributed by atoms with van der Waals surface area (Å²) in [5, 5.41) is 15.0. The molecule has 12 aromatic rings. The monoisotopic (exact) mass is 659 g/mol. The predicted octanol–water partition coefficient (Wildman–Crippen LogP) is 14.1. The van der Waals surface area contributed by atoms with Gasteiger partial charge in [-0.05, 0) is 108 Å². The SMILES string of the molecule is c1ccc2c(c1)ccc1c2c2ccccc2n1-c1ccc(-c2c3ccccc3c(-c3cc4cccc5oc6cccc3c6c45)c3ccccc23)cc1. The number of rotatable bonds is 3. The van der Waals surface area contributed by atoms with Gasteiger partial charge in [-0.2, -0.15) is 0 Å². The normalized spacial score (nSPS) is 12.2. The number of furan rings is 1. The minimum Gasteiger partial charge on any atom is -0.456 e. The zero-order chi connectivity index (χ0) is 33.9. The van der Waals surface area contributed by atoms with Crippen molar-refractivity contribution in [2.45, 2.75) is 0 Å². The Balaban J connectivity index is 1.11. The highest BCUT2D eigenvalue weighted by Gasteiger charge is 2.22. The van der Waals surface area contributed by atoms with Gasteiger partial charge in [-0.1, -0.05) is 133 Å². The Morgan fingerprint density at radius 3 is 1.67 bits per heavy atom. The molecule has 0 atom stereocenters. The average molecular weight is 660 g/mol. The van der Waals surface area contributed by atoms with Crippen LogP contribution in [-0.2, 0) is 0 Å². The van der Waals surface area contributed by atoms with Crippen LogP contribution in [0.5, 0.6) is 0 Å². The van der Waals surface area contributed by atoms with Crippen LogP contribution in [0.2, 0.25) is 0 Å². The van der Waals surface area contributed by atoms with Crippen molar-refractivity contribution in [1.82, 2.24) is 4.57 Å². The molecule has 0 aliphatic rings. The maximum Gasteiger partial charge on any atom is 0.136 e. The first-order valence-corrected chi connectivity index (χ1v) is 17.9. The first kappa shape index (κ1) is 27.9. The highest BCUT2D eigenvalue weighted by molar-refractivity contribution is 6.30. The molecule has 0 amide bonds. The van der Waals surface area contributed by atoms with E-state index in [1.807, 2.05) is 0 Å². The minimum absolute atomic E-state index is 0.937. The quantitative estimate of drug-likeness (QED) is 0.136. The average Bonchev–Trinajstić information content (AvgIpc) is 3.76. The second-order valence-electron chi connectivity index (χ2n) is 14.0. The van der Waals surface area contributed by atoms with E-state index in [1.54, 1.807) is 0 Å². The maximum absolute atomic E-state index is 6.36. The molecule has 52 heavy (non-hydrogen) atoms. The lowest BCUT2D eigenvalue weighted by Gasteiger charge is -2.19. The predicted molar refractivity (Wildman–Crippen MR) is 220 cm³/mol.